The monoisotopic (exact) mass is 487 g/mol. The summed E-state index contributed by atoms with van der Waals surface area (Å²) in [6.45, 7) is 0.729. The average molecular weight is 488 g/mol. The van der Waals surface area contributed by atoms with Crippen molar-refractivity contribution in [2.45, 2.75) is 13.0 Å². The molecule has 0 bridgehead atoms. The van der Waals surface area contributed by atoms with Gasteiger partial charge >= 0.3 is 5.97 Å². The highest BCUT2D eigenvalue weighted by atomic mass is 32.2. The van der Waals surface area contributed by atoms with Crippen molar-refractivity contribution in [3.8, 4) is 5.69 Å². The lowest BCUT2D eigenvalue weighted by Crippen LogP contribution is -2.44. The van der Waals surface area contributed by atoms with Crippen LogP contribution in [0.3, 0.4) is 0 Å². The molecule has 0 saturated carbocycles. The van der Waals surface area contributed by atoms with Gasteiger partial charge in [-0.25, -0.2) is 4.79 Å². The van der Waals surface area contributed by atoms with Crippen LogP contribution >= 0.6 is 11.8 Å². The summed E-state index contributed by atoms with van der Waals surface area (Å²) >= 11 is 0.804. The normalized spacial score (nSPS) is 16.6. The molecule has 8 nitrogen and oxygen atoms in total. The van der Waals surface area contributed by atoms with Gasteiger partial charge in [-0.05, 0) is 71.8 Å². The van der Waals surface area contributed by atoms with Crippen molar-refractivity contribution < 1.29 is 24.3 Å². The van der Waals surface area contributed by atoms with Crippen LogP contribution < -0.4 is 0 Å². The summed E-state index contributed by atoms with van der Waals surface area (Å²) < 4.78 is 1.79. The highest BCUT2D eigenvalue weighted by Crippen LogP contribution is 2.33. The standard InChI is InChI=1S/C26H21N3O5S/c30-23(27-13-11-17-4-1-2-5-19(17)15-27)16-29-24(31)22(35-26(29)34)14-21-6-3-12-28(21)20-9-7-18(8-10-20)25(32)33/h1-10,12,14H,11,13,15-16H2,(H,32,33)/b22-14-. The Morgan fingerprint density at radius 1 is 0.971 bits per heavy atom. The highest BCUT2D eigenvalue weighted by molar-refractivity contribution is 8.18. The zero-order chi connectivity index (χ0) is 24.5. The molecule has 5 rings (SSSR count). The Bertz CT molecular complexity index is 1380. The number of hydrogen-bond donors (Lipinski definition) is 1. The second-order valence-electron chi connectivity index (χ2n) is 8.26. The van der Waals surface area contributed by atoms with Gasteiger partial charge in [0.2, 0.25) is 5.91 Å². The predicted octanol–water partition coefficient (Wildman–Crippen LogP) is 3.80. The number of benzene rings is 2. The maximum atomic E-state index is 13.0. The van der Waals surface area contributed by atoms with Crippen LogP contribution in [0, 0.1) is 0 Å². The fourth-order valence-corrected chi connectivity index (χ4v) is 5.05. The molecule has 3 aromatic rings. The molecule has 3 amide bonds. The first-order valence-corrected chi connectivity index (χ1v) is 11.8. The number of carbonyl (C=O) groups excluding carboxylic acids is 3. The molecular formula is C26H21N3O5S. The first-order chi connectivity index (χ1) is 16.9. The van der Waals surface area contributed by atoms with E-state index in [4.69, 9.17) is 5.11 Å². The third kappa shape index (κ3) is 4.50. The van der Waals surface area contributed by atoms with Crippen molar-refractivity contribution in [2.75, 3.05) is 13.1 Å². The molecule has 1 saturated heterocycles. The molecular weight excluding hydrogens is 466 g/mol. The maximum absolute atomic E-state index is 13.0. The Morgan fingerprint density at radius 3 is 2.46 bits per heavy atom. The zero-order valence-electron chi connectivity index (χ0n) is 18.6. The third-order valence-corrected chi connectivity index (χ3v) is 7.01. The molecule has 2 aliphatic heterocycles. The van der Waals surface area contributed by atoms with E-state index in [2.05, 4.69) is 6.07 Å². The van der Waals surface area contributed by atoms with Crippen LogP contribution in [0.2, 0.25) is 0 Å². The molecule has 3 heterocycles. The Kier molecular flexibility index (Phi) is 6.00. The molecule has 0 atom stereocenters. The van der Waals surface area contributed by atoms with E-state index in [0.717, 1.165) is 28.6 Å². The summed E-state index contributed by atoms with van der Waals surface area (Å²) in [5.41, 5.74) is 3.83. The van der Waals surface area contributed by atoms with Gasteiger partial charge in [-0.2, -0.15) is 0 Å². The second kappa shape index (κ2) is 9.27. The van der Waals surface area contributed by atoms with E-state index in [-0.39, 0.29) is 22.9 Å². The lowest BCUT2D eigenvalue weighted by atomic mass is 10.00. The number of rotatable bonds is 5. The van der Waals surface area contributed by atoms with Gasteiger partial charge in [0.05, 0.1) is 10.5 Å². The summed E-state index contributed by atoms with van der Waals surface area (Å²) in [7, 11) is 0. The summed E-state index contributed by atoms with van der Waals surface area (Å²) in [6.07, 6.45) is 4.13. The van der Waals surface area contributed by atoms with Crippen LogP contribution in [-0.2, 0) is 22.6 Å². The first-order valence-electron chi connectivity index (χ1n) is 11.0. The molecule has 2 aromatic carbocycles. The van der Waals surface area contributed by atoms with Crippen LogP contribution in [0.15, 0.2) is 71.8 Å². The topological polar surface area (TPSA) is 99.9 Å². The van der Waals surface area contributed by atoms with Gasteiger partial charge in [0, 0.05) is 30.7 Å². The number of fused-ring (bicyclic) bond motifs is 1. The second-order valence-corrected chi connectivity index (χ2v) is 9.25. The molecule has 0 spiro atoms. The summed E-state index contributed by atoms with van der Waals surface area (Å²) in [6, 6.07) is 17.9. The Balaban J connectivity index is 1.31. The van der Waals surface area contributed by atoms with Gasteiger partial charge in [0.25, 0.3) is 11.1 Å². The van der Waals surface area contributed by atoms with Crippen molar-refractivity contribution in [1.82, 2.24) is 14.4 Å². The lowest BCUT2D eigenvalue weighted by Gasteiger charge is -2.29. The largest absolute Gasteiger partial charge is 0.478 e. The van der Waals surface area contributed by atoms with Crippen molar-refractivity contribution in [3.63, 3.8) is 0 Å². The first kappa shape index (κ1) is 22.7. The third-order valence-electron chi connectivity index (χ3n) is 6.10. The molecule has 35 heavy (non-hydrogen) atoms. The number of carboxylic acids is 1. The van der Waals surface area contributed by atoms with E-state index in [0.29, 0.717) is 24.5 Å². The van der Waals surface area contributed by atoms with E-state index in [9.17, 15) is 19.2 Å². The fourth-order valence-electron chi connectivity index (χ4n) is 4.23. The highest BCUT2D eigenvalue weighted by Gasteiger charge is 2.37. The quantitative estimate of drug-likeness (QED) is 0.550. The average Bonchev–Trinajstić information content (AvgIpc) is 3.43. The molecule has 0 radical (unpaired) electrons. The summed E-state index contributed by atoms with van der Waals surface area (Å²) in [5.74, 6) is -1.77. The summed E-state index contributed by atoms with van der Waals surface area (Å²) in [4.78, 5) is 52.5. The van der Waals surface area contributed by atoms with Crippen LogP contribution in [0.25, 0.3) is 11.8 Å². The molecule has 176 valence electrons. The molecule has 0 unspecified atom stereocenters. The minimum atomic E-state index is -1.01. The van der Waals surface area contributed by atoms with Gasteiger partial charge in [-0.1, -0.05) is 24.3 Å². The van der Waals surface area contributed by atoms with Gasteiger partial charge in [0.1, 0.15) is 6.54 Å². The molecule has 1 fully saturated rings. The van der Waals surface area contributed by atoms with Crippen molar-refractivity contribution >= 4 is 40.9 Å². The van der Waals surface area contributed by atoms with E-state index in [1.165, 1.54) is 17.7 Å². The minimum absolute atomic E-state index is 0.172. The van der Waals surface area contributed by atoms with Crippen LogP contribution in [-0.4, -0.2) is 55.6 Å². The number of aromatic nitrogens is 1. The zero-order valence-corrected chi connectivity index (χ0v) is 19.4. The number of imide groups is 1. The number of aromatic carboxylic acids is 1. The van der Waals surface area contributed by atoms with Crippen LogP contribution in [0.5, 0.6) is 0 Å². The van der Waals surface area contributed by atoms with E-state index < -0.39 is 17.1 Å². The van der Waals surface area contributed by atoms with Crippen molar-refractivity contribution in [3.05, 3.63) is 94.1 Å². The summed E-state index contributed by atoms with van der Waals surface area (Å²) in [5, 5.41) is 8.62. The maximum Gasteiger partial charge on any atom is 0.335 e. The molecule has 2 aliphatic rings. The van der Waals surface area contributed by atoms with E-state index in [1.807, 2.05) is 18.2 Å². The van der Waals surface area contributed by atoms with Crippen molar-refractivity contribution in [2.24, 2.45) is 0 Å². The minimum Gasteiger partial charge on any atom is -0.478 e. The number of nitrogens with zero attached hydrogens (tertiary/aromatic N) is 3. The Hall–Kier alpha value is -4.11. The number of carboxylic acid groups (broad SMARTS) is 1. The van der Waals surface area contributed by atoms with Gasteiger partial charge < -0.3 is 14.6 Å². The van der Waals surface area contributed by atoms with Gasteiger partial charge in [-0.3, -0.25) is 19.3 Å². The molecule has 1 aromatic heterocycles. The molecule has 9 heteroatoms. The van der Waals surface area contributed by atoms with Gasteiger partial charge in [0.15, 0.2) is 0 Å². The number of carbonyl (C=O) groups is 4. The van der Waals surface area contributed by atoms with E-state index in [1.54, 1.807) is 46.0 Å². The molecule has 0 aliphatic carbocycles. The van der Waals surface area contributed by atoms with Crippen LogP contribution in [0.4, 0.5) is 4.79 Å². The van der Waals surface area contributed by atoms with E-state index >= 15 is 0 Å². The Morgan fingerprint density at radius 2 is 1.71 bits per heavy atom. The predicted molar refractivity (Wildman–Crippen MR) is 131 cm³/mol. The number of amides is 3. The SMILES string of the molecule is O=C(O)c1ccc(-n2cccc2/C=C2\SC(=O)N(CC(=O)N3CCc4ccccc4C3)C2=O)cc1. The Labute approximate surface area is 205 Å². The van der Waals surface area contributed by atoms with Crippen LogP contribution in [0.1, 0.15) is 27.2 Å². The van der Waals surface area contributed by atoms with Gasteiger partial charge in [-0.15, -0.1) is 0 Å². The lowest BCUT2D eigenvalue weighted by molar-refractivity contribution is -0.136. The molecule has 1 N–H and O–H groups in total. The number of hydrogen-bond acceptors (Lipinski definition) is 5. The number of thioether (sulfide) groups is 1. The smallest absolute Gasteiger partial charge is 0.335 e. The fraction of sp³-hybridized carbons (Fsp3) is 0.154. The van der Waals surface area contributed by atoms with Crippen molar-refractivity contribution in [1.29, 1.82) is 0 Å².